The van der Waals surface area contributed by atoms with E-state index in [2.05, 4.69) is 33.9 Å². The Bertz CT molecular complexity index is 783. The van der Waals surface area contributed by atoms with Crippen molar-refractivity contribution in [3.05, 3.63) is 35.9 Å². The second-order valence-corrected chi connectivity index (χ2v) is 16.8. The predicted octanol–water partition coefficient (Wildman–Crippen LogP) is 4.73. The third kappa shape index (κ3) is 4.47. The number of carbonyl (C=O) groups excluding carboxylic acids is 2. The monoisotopic (exact) mass is 467 g/mol. The van der Waals surface area contributed by atoms with Crippen molar-refractivity contribution >= 4 is 43.7 Å². The lowest BCUT2D eigenvalue weighted by molar-refractivity contribution is -0.169. The highest BCUT2D eigenvalue weighted by atomic mass is 32.2. The summed E-state index contributed by atoms with van der Waals surface area (Å²) in [4.78, 5) is 27.7. The molecule has 0 aliphatic carbocycles. The van der Waals surface area contributed by atoms with Crippen molar-refractivity contribution in [2.45, 2.75) is 74.5 Å². The molecule has 2 heterocycles. The summed E-state index contributed by atoms with van der Waals surface area (Å²) in [7, 11) is -1.98. The third-order valence-corrected chi connectivity index (χ3v) is 14.0. The molecule has 30 heavy (non-hydrogen) atoms. The Hall–Kier alpha value is -0.963. The Labute approximate surface area is 189 Å². The maximum atomic E-state index is 13.1. The average molecular weight is 468 g/mol. The number of esters is 1. The van der Waals surface area contributed by atoms with Crippen LogP contribution in [0.2, 0.25) is 18.1 Å². The first-order chi connectivity index (χ1) is 14.0. The SMILES string of the molecule is CS[C@@H]1S[C@@H]2[C@@H]([C@@H](C)O[Si](C)(C)C(C)(C)C)C(=O)N2[C@H]1C(=O)OCc1ccccc1. The number of hydrogen-bond donors (Lipinski definition) is 0. The van der Waals surface area contributed by atoms with Crippen LogP contribution in [-0.4, -0.2) is 53.5 Å². The molecule has 2 aliphatic heterocycles. The van der Waals surface area contributed by atoms with Gasteiger partial charge in [0.1, 0.15) is 6.61 Å². The van der Waals surface area contributed by atoms with E-state index in [0.29, 0.717) is 0 Å². The molecule has 0 spiro atoms. The number of amides is 1. The Balaban J connectivity index is 1.67. The van der Waals surface area contributed by atoms with Gasteiger partial charge in [0.15, 0.2) is 14.4 Å². The number of ether oxygens (including phenoxy) is 1. The fourth-order valence-electron chi connectivity index (χ4n) is 3.67. The lowest BCUT2D eigenvalue weighted by Gasteiger charge is -2.48. The Morgan fingerprint density at radius 3 is 2.47 bits per heavy atom. The third-order valence-electron chi connectivity index (χ3n) is 6.44. The number of rotatable bonds is 7. The van der Waals surface area contributed by atoms with Crippen molar-refractivity contribution in [3.8, 4) is 0 Å². The zero-order valence-electron chi connectivity index (χ0n) is 18.9. The Kier molecular flexibility index (Phi) is 7.01. The number of fused-ring (bicyclic) bond motifs is 1. The number of thioether (sulfide) groups is 2. The highest BCUT2D eigenvalue weighted by Gasteiger charge is 2.63. The minimum absolute atomic E-state index is 0.0110. The molecular weight excluding hydrogens is 434 g/mol. The standard InChI is InChI=1S/C22H33NO4S2Si/c1-14(27-30(6,7)22(2,3)4)16-18(24)23-17(21(28-5)29-19(16)23)20(25)26-13-15-11-9-8-10-12-15/h8-12,14,16-17,19,21H,13H2,1-7H3/t14-,16+,17+,19-,21-/m1/s1. The van der Waals surface area contributed by atoms with Crippen molar-refractivity contribution in [1.82, 2.24) is 4.90 Å². The summed E-state index contributed by atoms with van der Waals surface area (Å²) in [5.74, 6) is -0.513. The van der Waals surface area contributed by atoms with Crippen molar-refractivity contribution in [2.75, 3.05) is 6.26 Å². The number of β-lactam (4-membered cyclic amide) rings is 1. The van der Waals surface area contributed by atoms with Crippen LogP contribution in [-0.2, 0) is 25.4 Å². The van der Waals surface area contributed by atoms with E-state index in [9.17, 15) is 9.59 Å². The molecule has 2 aliphatic rings. The van der Waals surface area contributed by atoms with Gasteiger partial charge in [0.25, 0.3) is 0 Å². The second-order valence-electron chi connectivity index (χ2n) is 9.52. The van der Waals surface area contributed by atoms with Gasteiger partial charge in [-0.15, -0.1) is 23.5 Å². The van der Waals surface area contributed by atoms with E-state index >= 15 is 0 Å². The summed E-state index contributed by atoms with van der Waals surface area (Å²) in [5, 5.41) is 0.0614. The Morgan fingerprint density at radius 2 is 1.90 bits per heavy atom. The molecule has 0 unspecified atom stereocenters. The molecule has 0 saturated carbocycles. The van der Waals surface area contributed by atoms with Crippen LogP contribution >= 0.6 is 23.5 Å². The van der Waals surface area contributed by atoms with Gasteiger partial charge in [0, 0.05) is 0 Å². The highest BCUT2D eigenvalue weighted by molar-refractivity contribution is 8.17. The molecule has 8 heteroatoms. The van der Waals surface area contributed by atoms with Crippen LogP contribution in [0.15, 0.2) is 30.3 Å². The van der Waals surface area contributed by atoms with Crippen LogP contribution in [0.1, 0.15) is 33.3 Å². The second kappa shape index (κ2) is 8.88. The van der Waals surface area contributed by atoms with Crippen molar-refractivity contribution in [1.29, 1.82) is 0 Å². The minimum Gasteiger partial charge on any atom is -0.459 e. The molecular formula is C22H33NO4S2Si. The number of benzene rings is 1. The van der Waals surface area contributed by atoms with E-state index in [0.717, 1.165) is 5.56 Å². The molecule has 0 aromatic heterocycles. The lowest BCUT2D eigenvalue weighted by Crippen LogP contribution is -2.65. The summed E-state index contributed by atoms with van der Waals surface area (Å²) in [5.41, 5.74) is 0.943. The van der Waals surface area contributed by atoms with E-state index < -0.39 is 14.4 Å². The normalized spacial score (nSPS) is 27.4. The minimum atomic E-state index is -1.98. The number of nitrogens with zero attached hydrogens (tertiary/aromatic N) is 1. The number of hydrogen-bond acceptors (Lipinski definition) is 6. The smallest absolute Gasteiger partial charge is 0.331 e. The molecule has 2 fully saturated rings. The van der Waals surface area contributed by atoms with Gasteiger partial charge in [0.2, 0.25) is 5.91 Å². The topological polar surface area (TPSA) is 55.8 Å². The van der Waals surface area contributed by atoms with Crippen LogP contribution in [0.5, 0.6) is 0 Å². The van der Waals surface area contributed by atoms with Crippen LogP contribution in [0, 0.1) is 5.92 Å². The van der Waals surface area contributed by atoms with Gasteiger partial charge in [-0.05, 0) is 36.9 Å². The molecule has 5 nitrogen and oxygen atoms in total. The van der Waals surface area contributed by atoms with Crippen LogP contribution in [0.3, 0.4) is 0 Å². The van der Waals surface area contributed by atoms with Crippen LogP contribution < -0.4 is 0 Å². The molecule has 0 N–H and O–H groups in total. The maximum Gasteiger partial charge on any atom is 0.331 e. The van der Waals surface area contributed by atoms with Gasteiger partial charge in [-0.1, -0.05) is 51.1 Å². The van der Waals surface area contributed by atoms with Gasteiger partial charge in [-0.25, -0.2) is 4.79 Å². The van der Waals surface area contributed by atoms with Gasteiger partial charge in [0.05, 0.1) is 22.0 Å². The molecule has 0 radical (unpaired) electrons. The van der Waals surface area contributed by atoms with Crippen LogP contribution in [0.25, 0.3) is 0 Å². The first-order valence-corrected chi connectivity index (χ1v) is 15.5. The summed E-state index contributed by atoms with van der Waals surface area (Å²) in [6.45, 7) is 13.3. The zero-order valence-corrected chi connectivity index (χ0v) is 21.5. The first-order valence-electron chi connectivity index (χ1n) is 10.4. The van der Waals surface area contributed by atoms with E-state index in [-0.39, 0.29) is 45.5 Å². The summed E-state index contributed by atoms with van der Waals surface area (Å²) >= 11 is 3.30. The molecule has 3 rings (SSSR count). The molecule has 1 aromatic carbocycles. The van der Waals surface area contributed by atoms with Crippen molar-refractivity contribution in [3.63, 3.8) is 0 Å². The molecule has 2 saturated heterocycles. The first kappa shape index (κ1) is 23.7. The summed E-state index contributed by atoms with van der Waals surface area (Å²) < 4.78 is 12.1. The number of carbonyl (C=O) groups is 2. The fourth-order valence-corrected chi connectivity index (χ4v) is 7.92. The molecule has 5 atom stereocenters. The molecule has 166 valence electrons. The van der Waals surface area contributed by atoms with Gasteiger partial charge < -0.3 is 14.1 Å². The highest BCUT2D eigenvalue weighted by Crippen LogP contribution is 2.53. The van der Waals surface area contributed by atoms with E-state index in [1.54, 1.807) is 28.4 Å². The largest absolute Gasteiger partial charge is 0.459 e. The fraction of sp³-hybridized carbons (Fsp3) is 0.636. The Morgan fingerprint density at radius 1 is 1.27 bits per heavy atom. The van der Waals surface area contributed by atoms with Gasteiger partial charge >= 0.3 is 5.97 Å². The predicted molar refractivity (Wildman–Crippen MR) is 127 cm³/mol. The van der Waals surface area contributed by atoms with Gasteiger partial charge in [-0.2, -0.15) is 0 Å². The van der Waals surface area contributed by atoms with Gasteiger partial charge in [-0.3, -0.25) is 4.79 Å². The quantitative estimate of drug-likeness (QED) is 0.328. The van der Waals surface area contributed by atoms with Crippen molar-refractivity contribution < 1.29 is 18.8 Å². The maximum absolute atomic E-state index is 13.1. The molecule has 0 bridgehead atoms. The average Bonchev–Trinajstić information content (AvgIpc) is 3.00. The molecule has 1 amide bonds. The zero-order chi connectivity index (χ0) is 22.3. The van der Waals surface area contributed by atoms with E-state index in [1.807, 2.05) is 43.5 Å². The van der Waals surface area contributed by atoms with E-state index in [4.69, 9.17) is 9.16 Å². The summed E-state index contributed by atoms with van der Waals surface area (Å²) in [6, 6.07) is 9.08. The summed E-state index contributed by atoms with van der Waals surface area (Å²) in [6.07, 6.45) is 1.82. The lowest BCUT2D eigenvalue weighted by atomic mass is 9.91. The molecule has 1 aromatic rings. The van der Waals surface area contributed by atoms with Crippen molar-refractivity contribution in [2.24, 2.45) is 5.92 Å². The van der Waals surface area contributed by atoms with E-state index in [1.165, 1.54) is 0 Å². The van der Waals surface area contributed by atoms with Crippen LogP contribution in [0.4, 0.5) is 0 Å².